The molecule has 7 heteroatoms. The Morgan fingerprint density at radius 3 is 3.21 bits per heavy atom. The van der Waals surface area contributed by atoms with Gasteiger partial charge in [0.2, 0.25) is 11.9 Å². The Labute approximate surface area is 144 Å². The molecule has 1 aliphatic carbocycles. The zero-order valence-electron chi connectivity index (χ0n) is 13.3. The van der Waals surface area contributed by atoms with Crippen LogP contribution in [0.4, 0.5) is 5.95 Å². The molecule has 124 valence electrons. The Balaban J connectivity index is 1.59. The van der Waals surface area contributed by atoms with Gasteiger partial charge in [0.05, 0.1) is 17.2 Å². The minimum Gasteiger partial charge on any atom is -0.310 e. The normalized spacial score (nSPS) is 17.0. The van der Waals surface area contributed by atoms with Gasteiger partial charge in [-0.1, -0.05) is 11.6 Å². The molecular formula is C17H18ClN5O. The molecule has 0 bridgehead atoms. The van der Waals surface area contributed by atoms with E-state index in [1.807, 2.05) is 35.9 Å². The molecule has 0 aliphatic heterocycles. The van der Waals surface area contributed by atoms with Gasteiger partial charge in [-0.25, -0.2) is 4.98 Å². The van der Waals surface area contributed by atoms with E-state index in [2.05, 4.69) is 20.5 Å². The van der Waals surface area contributed by atoms with Crippen LogP contribution < -0.4 is 5.32 Å². The molecule has 0 radical (unpaired) electrons. The van der Waals surface area contributed by atoms with Gasteiger partial charge < -0.3 is 4.57 Å². The standard InChI is InChI=1S/C17H18ClN5O/c1-2-23-15-6-4-12(18)8-14(15)20-17(23)21-16(24)10-3-5-13-11(7-10)9-19-22-13/h4,6,8-10H,2-3,5,7H2,1H3,(H,19,22)(H,20,21,24)/t10-/m1/s1. The van der Waals surface area contributed by atoms with Gasteiger partial charge in [0.15, 0.2) is 0 Å². The molecule has 6 nitrogen and oxygen atoms in total. The topological polar surface area (TPSA) is 75.6 Å². The van der Waals surface area contributed by atoms with Gasteiger partial charge in [-0.3, -0.25) is 15.2 Å². The molecule has 0 spiro atoms. The van der Waals surface area contributed by atoms with Crippen molar-refractivity contribution in [1.82, 2.24) is 19.7 Å². The SMILES string of the molecule is CCn1c(NC(=O)[C@@H]2CCc3[nH]ncc3C2)nc2cc(Cl)ccc21. The number of H-pyrrole nitrogens is 1. The number of aromatic amines is 1. The number of imidazole rings is 1. The third-order valence-corrected chi connectivity index (χ3v) is 4.88. The van der Waals surface area contributed by atoms with Crippen molar-refractivity contribution in [3.05, 3.63) is 40.7 Å². The number of aryl methyl sites for hydroxylation is 2. The van der Waals surface area contributed by atoms with Crippen molar-refractivity contribution in [3.8, 4) is 0 Å². The minimum atomic E-state index is -0.0520. The zero-order chi connectivity index (χ0) is 16.7. The molecule has 0 saturated carbocycles. The van der Waals surface area contributed by atoms with E-state index in [1.165, 1.54) is 0 Å². The lowest BCUT2D eigenvalue weighted by Gasteiger charge is -2.20. The summed E-state index contributed by atoms with van der Waals surface area (Å²) in [6.07, 6.45) is 4.21. The molecule has 1 aliphatic rings. The van der Waals surface area contributed by atoms with Crippen LogP contribution in [-0.2, 0) is 24.2 Å². The molecule has 1 amide bonds. The maximum absolute atomic E-state index is 12.7. The number of rotatable bonds is 3. The van der Waals surface area contributed by atoms with Gasteiger partial charge in [-0.05, 0) is 49.9 Å². The van der Waals surface area contributed by atoms with E-state index < -0.39 is 0 Å². The first-order valence-corrected chi connectivity index (χ1v) is 8.51. The minimum absolute atomic E-state index is 0.0120. The van der Waals surface area contributed by atoms with Gasteiger partial charge in [0, 0.05) is 23.2 Å². The summed E-state index contributed by atoms with van der Waals surface area (Å²) in [5, 5.41) is 10.7. The molecule has 2 N–H and O–H groups in total. The van der Waals surface area contributed by atoms with Crippen molar-refractivity contribution >= 4 is 34.5 Å². The highest BCUT2D eigenvalue weighted by molar-refractivity contribution is 6.31. The summed E-state index contributed by atoms with van der Waals surface area (Å²) in [5.74, 6) is 0.541. The number of carbonyl (C=O) groups is 1. The Kier molecular flexibility index (Phi) is 3.76. The third-order valence-electron chi connectivity index (χ3n) is 4.65. The van der Waals surface area contributed by atoms with Crippen LogP contribution >= 0.6 is 11.6 Å². The second-order valence-electron chi connectivity index (χ2n) is 6.12. The number of amides is 1. The van der Waals surface area contributed by atoms with Crippen molar-refractivity contribution in [2.75, 3.05) is 5.32 Å². The van der Waals surface area contributed by atoms with Gasteiger partial charge in [-0.15, -0.1) is 0 Å². The fraction of sp³-hybridized carbons (Fsp3) is 0.353. The van der Waals surface area contributed by atoms with Crippen molar-refractivity contribution in [3.63, 3.8) is 0 Å². The number of anilines is 1. The Bertz CT molecular complexity index is 913. The van der Waals surface area contributed by atoms with Gasteiger partial charge in [-0.2, -0.15) is 5.10 Å². The van der Waals surface area contributed by atoms with Crippen molar-refractivity contribution < 1.29 is 4.79 Å². The van der Waals surface area contributed by atoms with Crippen LogP contribution in [0.25, 0.3) is 11.0 Å². The molecule has 0 saturated heterocycles. The highest BCUT2D eigenvalue weighted by Gasteiger charge is 2.27. The van der Waals surface area contributed by atoms with Crippen LogP contribution in [0.3, 0.4) is 0 Å². The number of hydrogen-bond donors (Lipinski definition) is 2. The second kappa shape index (κ2) is 5.94. The average Bonchev–Trinajstić information content (AvgIpc) is 3.17. The summed E-state index contributed by atoms with van der Waals surface area (Å²) >= 11 is 6.04. The predicted molar refractivity (Wildman–Crippen MR) is 93.1 cm³/mol. The lowest BCUT2D eigenvalue weighted by Crippen LogP contribution is -2.29. The van der Waals surface area contributed by atoms with Crippen LogP contribution in [0.15, 0.2) is 24.4 Å². The fourth-order valence-corrected chi connectivity index (χ4v) is 3.54. The number of hydrogen-bond acceptors (Lipinski definition) is 3. The Morgan fingerprint density at radius 1 is 1.50 bits per heavy atom. The molecule has 1 atom stereocenters. The van der Waals surface area contributed by atoms with Crippen LogP contribution in [0.1, 0.15) is 24.6 Å². The number of benzene rings is 1. The molecule has 24 heavy (non-hydrogen) atoms. The maximum atomic E-state index is 12.7. The van der Waals surface area contributed by atoms with Gasteiger partial charge in [0.1, 0.15) is 0 Å². The first-order valence-electron chi connectivity index (χ1n) is 8.13. The molecule has 0 unspecified atom stereocenters. The molecule has 2 heterocycles. The van der Waals surface area contributed by atoms with Crippen LogP contribution in [-0.4, -0.2) is 25.7 Å². The lowest BCUT2D eigenvalue weighted by atomic mass is 9.87. The largest absolute Gasteiger partial charge is 0.310 e. The highest BCUT2D eigenvalue weighted by Crippen LogP contribution is 2.27. The third kappa shape index (κ3) is 2.57. The van der Waals surface area contributed by atoms with Crippen LogP contribution in [0.5, 0.6) is 0 Å². The lowest BCUT2D eigenvalue weighted by molar-refractivity contribution is -0.120. The summed E-state index contributed by atoms with van der Waals surface area (Å²) in [6, 6.07) is 5.59. The van der Waals surface area contributed by atoms with E-state index in [1.54, 1.807) is 0 Å². The summed E-state index contributed by atoms with van der Waals surface area (Å²) in [6.45, 7) is 2.76. The van der Waals surface area contributed by atoms with E-state index in [9.17, 15) is 4.79 Å². The molecule has 4 rings (SSSR count). The summed E-state index contributed by atoms with van der Waals surface area (Å²) in [5.41, 5.74) is 4.05. The first kappa shape index (κ1) is 15.2. The number of fused-ring (bicyclic) bond motifs is 2. The number of nitrogens with one attached hydrogen (secondary N) is 2. The molecule has 1 aromatic carbocycles. The molecule has 3 aromatic rings. The Morgan fingerprint density at radius 2 is 2.38 bits per heavy atom. The van der Waals surface area contributed by atoms with Gasteiger partial charge >= 0.3 is 0 Å². The quantitative estimate of drug-likeness (QED) is 0.767. The summed E-state index contributed by atoms with van der Waals surface area (Å²) in [4.78, 5) is 17.2. The smallest absolute Gasteiger partial charge is 0.230 e. The number of nitrogens with zero attached hydrogens (tertiary/aromatic N) is 3. The van der Waals surface area contributed by atoms with Gasteiger partial charge in [0.25, 0.3) is 0 Å². The van der Waals surface area contributed by atoms with E-state index in [4.69, 9.17) is 11.6 Å². The van der Waals surface area contributed by atoms with Crippen molar-refractivity contribution in [1.29, 1.82) is 0 Å². The molecule has 0 fully saturated rings. The number of halogens is 1. The maximum Gasteiger partial charge on any atom is 0.230 e. The summed E-state index contributed by atoms with van der Waals surface area (Å²) in [7, 11) is 0. The molecule has 2 aromatic heterocycles. The van der Waals surface area contributed by atoms with Crippen LogP contribution in [0.2, 0.25) is 5.02 Å². The van der Waals surface area contributed by atoms with E-state index in [0.717, 1.165) is 48.1 Å². The fourth-order valence-electron chi connectivity index (χ4n) is 3.37. The average molecular weight is 344 g/mol. The second-order valence-corrected chi connectivity index (χ2v) is 6.55. The van der Waals surface area contributed by atoms with Crippen molar-refractivity contribution in [2.45, 2.75) is 32.7 Å². The van der Waals surface area contributed by atoms with E-state index >= 15 is 0 Å². The monoisotopic (exact) mass is 343 g/mol. The zero-order valence-corrected chi connectivity index (χ0v) is 14.1. The van der Waals surface area contributed by atoms with E-state index in [0.29, 0.717) is 11.0 Å². The van der Waals surface area contributed by atoms with Crippen molar-refractivity contribution in [2.24, 2.45) is 5.92 Å². The number of carbonyl (C=O) groups excluding carboxylic acids is 1. The highest BCUT2D eigenvalue weighted by atomic mass is 35.5. The summed E-state index contributed by atoms with van der Waals surface area (Å²) < 4.78 is 2.00. The van der Waals surface area contributed by atoms with Crippen LogP contribution in [0, 0.1) is 5.92 Å². The first-order chi connectivity index (χ1) is 11.7. The van der Waals surface area contributed by atoms with E-state index in [-0.39, 0.29) is 11.8 Å². The predicted octanol–water partition coefficient (Wildman–Crippen LogP) is 3.18. The number of aromatic nitrogens is 4. The molecular weight excluding hydrogens is 326 g/mol. The Hall–Kier alpha value is -2.34.